The highest BCUT2D eigenvalue weighted by Gasteiger charge is 2.21. The molecular formula is C16H20N2O2S. The van der Waals surface area contributed by atoms with Crippen molar-refractivity contribution in [1.29, 1.82) is 0 Å². The second kappa shape index (κ2) is 6.45. The molecule has 0 bridgehead atoms. The van der Waals surface area contributed by atoms with Crippen LogP contribution in [0.15, 0.2) is 23.6 Å². The van der Waals surface area contributed by atoms with E-state index in [0.29, 0.717) is 6.04 Å². The van der Waals surface area contributed by atoms with Gasteiger partial charge in [0.2, 0.25) is 0 Å². The van der Waals surface area contributed by atoms with E-state index in [1.807, 2.05) is 19.1 Å². The molecule has 0 amide bonds. The first-order valence-corrected chi connectivity index (χ1v) is 8.09. The Morgan fingerprint density at radius 3 is 3.14 bits per heavy atom. The molecule has 5 heteroatoms. The Labute approximate surface area is 129 Å². The molecule has 3 rings (SSSR count). The van der Waals surface area contributed by atoms with Crippen LogP contribution in [0.2, 0.25) is 0 Å². The van der Waals surface area contributed by atoms with Gasteiger partial charge in [0, 0.05) is 42.1 Å². The predicted octanol–water partition coefficient (Wildman–Crippen LogP) is 3.12. The third kappa shape index (κ3) is 3.36. The third-order valence-corrected chi connectivity index (χ3v) is 4.68. The molecule has 1 N–H and O–H groups in total. The molecule has 0 spiro atoms. The number of aryl methyl sites for hydroxylation is 1. The van der Waals surface area contributed by atoms with E-state index in [2.05, 4.69) is 21.7 Å². The Hall–Kier alpha value is -1.59. The molecule has 0 radical (unpaired) electrons. The van der Waals surface area contributed by atoms with Crippen LogP contribution in [0.1, 0.15) is 28.7 Å². The molecule has 2 aromatic rings. The molecule has 112 valence electrons. The minimum absolute atomic E-state index is 0.324. The number of rotatable bonds is 5. The van der Waals surface area contributed by atoms with Crippen LogP contribution >= 0.6 is 11.3 Å². The number of hydrogen-bond donors (Lipinski definition) is 1. The van der Waals surface area contributed by atoms with Crippen LogP contribution in [-0.4, -0.2) is 25.2 Å². The number of nitrogens with one attached hydrogen (secondary N) is 1. The van der Waals surface area contributed by atoms with Gasteiger partial charge < -0.3 is 14.8 Å². The second-order valence-corrected chi connectivity index (χ2v) is 6.12. The van der Waals surface area contributed by atoms with Gasteiger partial charge in [-0.05, 0) is 25.1 Å². The summed E-state index contributed by atoms with van der Waals surface area (Å²) in [5, 5.41) is 6.91. The molecule has 2 heterocycles. The Bertz CT molecular complexity index is 612. The van der Waals surface area contributed by atoms with Gasteiger partial charge in [-0.2, -0.15) is 0 Å². The minimum atomic E-state index is 0.324. The number of benzene rings is 1. The molecule has 4 nitrogen and oxygen atoms in total. The Morgan fingerprint density at radius 1 is 1.48 bits per heavy atom. The molecule has 1 unspecified atom stereocenters. The van der Waals surface area contributed by atoms with Gasteiger partial charge in [0.25, 0.3) is 0 Å². The maximum absolute atomic E-state index is 5.72. The maximum Gasteiger partial charge on any atom is 0.124 e. The lowest BCUT2D eigenvalue weighted by atomic mass is 10.00. The van der Waals surface area contributed by atoms with Crippen LogP contribution in [-0.2, 0) is 6.42 Å². The van der Waals surface area contributed by atoms with Gasteiger partial charge in [-0.1, -0.05) is 0 Å². The first-order chi connectivity index (χ1) is 10.3. The summed E-state index contributed by atoms with van der Waals surface area (Å²) in [7, 11) is 1.69. The first kappa shape index (κ1) is 14.4. The zero-order chi connectivity index (χ0) is 14.7. The number of aromatic nitrogens is 1. The Morgan fingerprint density at radius 2 is 2.38 bits per heavy atom. The molecule has 1 aromatic carbocycles. The molecule has 1 aromatic heterocycles. The summed E-state index contributed by atoms with van der Waals surface area (Å²) in [5.74, 6) is 1.84. The van der Waals surface area contributed by atoms with E-state index < -0.39 is 0 Å². The van der Waals surface area contributed by atoms with E-state index in [9.17, 15) is 0 Å². The van der Waals surface area contributed by atoms with E-state index in [-0.39, 0.29) is 0 Å². The van der Waals surface area contributed by atoms with Crippen molar-refractivity contribution in [2.24, 2.45) is 0 Å². The number of thiazole rings is 1. The highest BCUT2D eigenvalue weighted by Crippen LogP contribution is 2.34. The van der Waals surface area contributed by atoms with Crippen molar-refractivity contribution in [3.63, 3.8) is 0 Å². The predicted molar refractivity (Wildman–Crippen MR) is 84.4 cm³/mol. The maximum atomic E-state index is 5.72. The lowest BCUT2D eigenvalue weighted by molar-refractivity contribution is 0.252. The van der Waals surface area contributed by atoms with Crippen LogP contribution in [0.4, 0.5) is 0 Å². The van der Waals surface area contributed by atoms with Crippen LogP contribution < -0.4 is 14.8 Å². The Kier molecular flexibility index (Phi) is 4.41. The van der Waals surface area contributed by atoms with Crippen molar-refractivity contribution in [2.75, 3.05) is 20.3 Å². The smallest absolute Gasteiger partial charge is 0.124 e. The van der Waals surface area contributed by atoms with E-state index in [1.54, 1.807) is 18.4 Å². The summed E-state index contributed by atoms with van der Waals surface area (Å²) in [5.41, 5.74) is 2.30. The molecule has 0 saturated heterocycles. The average molecular weight is 304 g/mol. The lowest BCUT2D eigenvalue weighted by Gasteiger charge is -2.27. The van der Waals surface area contributed by atoms with Crippen molar-refractivity contribution in [3.05, 3.63) is 39.8 Å². The summed E-state index contributed by atoms with van der Waals surface area (Å²) < 4.78 is 11.0. The van der Waals surface area contributed by atoms with Crippen LogP contribution in [0.3, 0.4) is 0 Å². The monoisotopic (exact) mass is 304 g/mol. The SMILES string of the molecule is COc1ccc2c(c1)C(NCCc1nc(C)cs1)CCO2. The summed E-state index contributed by atoms with van der Waals surface area (Å²) in [6.07, 6.45) is 1.95. The van der Waals surface area contributed by atoms with Crippen molar-refractivity contribution in [1.82, 2.24) is 10.3 Å². The summed E-state index contributed by atoms with van der Waals surface area (Å²) in [6.45, 7) is 3.72. The van der Waals surface area contributed by atoms with Gasteiger partial charge in [0.05, 0.1) is 18.7 Å². The summed E-state index contributed by atoms with van der Waals surface area (Å²) >= 11 is 1.73. The fraction of sp³-hybridized carbons (Fsp3) is 0.438. The van der Waals surface area contributed by atoms with Gasteiger partial charge in [-0.25, -0.2) is 4.98 Å². The number of hydrogen-bond acceptors (Lipinski definition) is 5. The highest BCUT2D eigenvalue weighted by molar-refractivity contribution is 7.09. The molecular weight excluding hydrogens is 284 g/mol. The standard InChI is InChI=1S/C16H20N2O2S/c1-11-10-21-16(18-11)5-7-17-14-6-8-20-15-4-3-12(19-2)9-13(14)15/h3-4,9-10,14,17H,5-8H2,1-2H3. The van der Waals surface area contributed by atoms with Gasteiger partial charge >= 0.3 is 0 Å². The molecule has 0 aliphatic carbocycles. The van der Waals surface area contributed by atoms with Crippen molar-refractivity contribution < 1.29 is 9.47 Å². The van der Waals surface area contributed by atoms with Gasteiger partial charge in [-0.15, -0.1) is 11.3 Å². The number of nitrogens with zero attached hydrogens (tertiary/aromatic N) is 1. The van der Waals surface area contributed by atoms with Gasteiger partial charge in [-0.3, -0.25) is 0 Å². The van der Waals surface area contributed by atoms with E-state index >= 15 is 0 Å². The topological polar surface area (TPSA) is 43.4 Å². The van der Waals surface area contributed by atoms with E-state index in [0.717, 1.165) is 43.2 Å². The first-order valence-electron chi connectivity index (χ1n) is 7.21. The molecule has 0 fully saturated rings. The van der Waals surface area contributed by atoms with Crippen LogP contribution in [0.25, 0.3) is 0 Å². The lowest BCUT2D eigenvalue weighted by Crippen LogP contribution is -2.28. The number of fused-ring (bicyclic) bond motifs is 1. The molecule has 1 aliphatic heterocycles. The van der Waals surface area contributed by atoms with Crippen LogP contribution in [0, 0.1) is 6.92 Å². The van der Waals surface area contributed by atoms with Crippen molar-refractivity contribution >= 4 is 11.3 Å². The number of methoxy groups -OCH3 is 1. The normalized spacial score (nSPS) is 17.1. The van der Waals surface area contributed by atoms with Gasteiger partial charge in [0.1, 0.15) is 11.5 Å². The van der Waals surface area contributed by atoms with Crippen molar-refractivity contribution in [3.8, 4) is 11.5 Å². The number of ether oxygens (including phenoxy) is 2. The largest absolute Gasteiger partial charge is 0.497 e. The molecule has 1 atom stereocenters. The quantitative estimate of drug-likeness (QED) is 0.922. The van der Waals surface area contributed by atoms with Gasteiger partial charge in [0.15, 0.2) is 0 Å². The highest BCUT2D eigenvalue weighted by atomic mass is 32.1. The summed E-state index contributed by atoms with van der Waals surface area (Å²) in [6, 6.07) is 6.33. The van der Waals surface area contributed by atoms with Crippen molar-refractivity contribution in [2.45, 2.75) is 25.8 Å². The molecule has 0 saturated carbocycles. The van der Waals surface area contributed by atoms with E-state index in [1.165, 1.54) is 10.6 Å². The summed E-state index contributed by atoms with van der Waals surface area (Å²) in [4.78, 5) is 4.50. The third-order valence-electron chi connectivity index (χ3n) is 3.65. The fourth-order valence-electron chi connectivity index (χ4n) is 2.58. The zero-order valence-corrected chi connectivity index (χ0v) is 13.2. The Balaban J connectivity index is 1.64. The minimum Gasteiger partial charge on any atom is -0.497 e. The zero-order valence-electron chi connectivity index (χ0n) is 12.4. The average Bonchev–Trinajstić information content (AvgIpc) is 2.92. The molecule has 1 aliphatic rings. The van der Waals surface area contributed by atoms with Crippen LogP contribution in [0.5, 0.6) is 11.5 Å². The fourth-order valence-corrected chi connectivity index (χ4v) is 3.36. The molecule has 21 heavy (non-hydrogen) atoms. The van der Waals surface area contributed by atoms with E-state index in [4.69, 9.17) is 9.47 Å². The second-order valence-electron chi connectivity index (χ2n) is 5.18.